The van der Waals surface area contributed by atoms with Gasteiger partial charge in [-0.1, -0.05) is 28.1 Å². The third-order valence-electron chi connectivity index (χ3n) is 1.81. The van der Waals surface area contributed by atoms with E-state index in [4.69, 9.17) is 0 Å². The molecule has 3 nitrogen and oxygen atoms in total. The molecule has 0 saturated carbocycles. The van der Waals surface area contributed by atoms with E-state index in [2.05, 4.69) is 25.9 Å². The van der Waals surface area contributed by atoms with Crippen LogP contribution in [0.25, 0.3) is 11.3 Å². The summed E-state index contributed by atoms with van der Waals surface area (Å²) in [5, 5.41) is 0. The number of aromatic amines is 1. The third-order valence-corrected chi connectivity index (χ3v) is 2.30. The van der Waals surface area contributed by atoms with Gasteiger partial charge in [0.15, 0.2) is 0 Å². The molecular weight excluding hydrogens is 244 g/mol. The van der Waals surface area contributed by atoms with Crippen LogP contribution in [0.1, 0.15) is 0 Å². The third kappa shape index (κ3) is 1.75. The van der Waals surface area contributed by atoms with Crippen molar-refractivity contribution < 1.29 is 0 Å². The van der Waals surface area contributed by atoms with Crippen LogP contribution in [0.2, 0.25) is 0 Å². The first-order valence-corrected chi connectivity index (χ1v) is 4.86. The van der Waals surface area contributed by atoms with Crippen molar-refractivity contribution in [3.8, 4) is 11.3 Å². The molecule has 70 valence electrons. The van der Waals surface area contributed by atoms with Crippen molar-refractivity contribution in [2.45, 2.75) is 0 Å². The zero-order chi connectivity index (χ0) is 9.97. The van der Waals surface area contributed by atoms with E-state index >= 15 is 0 Å². The molecule has 0 fully saturated rings. The van der Waals surface area contributed by atoms with Gasteiger partial charge in [-0.3, -0.25) is 4.79 Å². The Morgan fingerprint density at radius 2 is 2.21 bits per heavy atom. The first-order chi connectivity index (χ1) is 6.77. The van der Waals surface area contributed by atoms with Crippen molar-refractivity contribution in [3.05, 3.63) is 51.5 Å². The van der Waals surface area contributed by atoms with Crippen LogP contribution in [-0.2, 0) is 0 Å². The van der Waals surface area contributed by atoms with Gasteiger partial charge in [-0.05, 0) is 12.1 Å². The van der Waals surface area contributed by atoms with Gasteiger partial charge in [0.1, 0.15) is 5.69 Å². The minimum atomic E-state index is -0.175. The van der Waals surface area contributed by atoms with Crippen LogP contribution in [0.3, 0.4) is 0 Å². The average molecular weight is 251 g/mol. The average Bonchev–Trinajstić information content (AvgIpc) is 2.18. The summed E-state index contributed by atoms with van der Waals surface area (Å²) >= 11 is 3.34. The number of H-pyrrole nitrogens is 1. The molecule has 0 saturated heterocycles. The van der Waals surface area contributed by atoms with Gasteiger partial charge < -0.3 is 4.98 Å². The lowest BCUT2D eigenvalue weighted by atomic mass is 10.2. The van der Waals surface area contributed by atoms with Crippen LogP contribution >= 0.6 is 15.9 Å². The van der Waals surface area contributed by atoms with E-state index < -0.39 is 0 Å². The molecule has 0 aliphatic carbocycles. The van der Waals surface area contributed by atoms with E-state index in [0.29, 0.717) is 5.69 Å². The Kier molecular flexibility index (Phi) is 2.45. The first kappa shape index (κ1) is 9.15. The van der Waals surface area contributed by atoms with E-state index in [9.17, 15) is 4.79 Å². The van der Waals surface area contributed by atoms with Gasteiger partial charge in [-0.25, -0.2) is 4.98 Å². The molecule has 1 aromatic carbocycles. The molecular formula is C10H7BrN2O. The number of aromatic nitrogens is 2. The molecule has 1 N–H and O–H groups in total. The number of hydrogen-bond donors (Lipinski definition) is 1. The molecule has 0 aliphatic rings. The van der Waals surface area contributed by atoms with Crippen molar-refractivity contribution in [2.75, 3.05) is 0 Å². The van der Waals surface area contributed by atoms with Gasteiger partial charge in [0.2, 0.25) is 0 Å². The molecule has 0 atom stereocenters. The standard InChI is InChI=1S/C10H7BrN2O/c11-8-3-1-2-7(6-8)9-10(14)13-5-4-12-9/h1-6H,(H,13,14). The van der Waals surface area contributed by atoms with Gasteiger partial charge in [0.25, 0.3) is 5.56 Å². The molecule has 0 amide bonds. The summed E-state index contributed by atoms with van der Waals surface area (Å²) in [6.45, 7) is 0. The smallest absolute Gasteiger partial charge is 0.274 e. The fourth-order valence-electron chi connectivity index (χ4n) is 1.19. The fourth-order valence-corrected chi connectivity index (χ4v) is 1.59. The van der Waals surface area contributed by atoms with Crippen LogP contribution in [-0.4, -0.2) is 9.97 Å². The highest BCUT2D eigenvalue weighted by Crippen LogP contribution is 2.17. The molecule has 0 unspecified atom stereocenters. The van der Waals surface area contributed by atoms with E-state index in [-0.39, 0.29) is 5.56 Å². The molecule has 0 bridgehead atoms. The van der Waals surface area contributed by atoms with Gasteiger partial charge in [-0.2, -0.15) is 0 Å². The quantitative estimate of drug-likeness (QED) is 0.844. The summed E-state index contributed by atoms with van der Waals surface area (Å²) in [6.07, 6.45) is 3.08. The molecule has 2 aromatic rings. The number of halogens is 1. The minimum absolute atomic E-state index is 0.175. The Morgan fingerprint density at radius 1 is 1.36 bits per heavy atom. The molecule has 4 heteroatoms. The maximum Gasteiger partial charge on any atom is 0.274 e. The summed E-state index contributed by atoms with van der Waals surface area (Å²) in [5.74, 6) is 0. The largest absolute Gasteiger partial charge is 0.326 e. The van der Waals surface area contributed by atoms with Gasteiger partial charge in [-0.15, -0.1) is 0 Å². The van der Waals surface area contributed by atoms with Crippen LogP contribution in [0.5, 0.6) is 0 Å². The zero-order valence-electron chi connectivity index (χ0n) is 7.20. The topological polar surface area (TPSA) is 45.8 Å². The summed E-state index contributed by atoms with van der Waals surface area (Å²) in [4.78, 5) is 18.0. The van der Waals surface area contributed by atoms with Crippen molar-refractivity contribution in [2.24, 2.45) is 0 Å². The Hall–Kier alpha value is -1.42. The lowest BCUT2D eigenvalue weighted by Crippen LogP contribution is -2.09. The van der Waals surface area contributed by atoms with Crippen molar-refractivity contribution in [3.63, 3.8) is 0 Å². The predicted molar refractivity (Wildman–Crippen MR) is 58.0 cm³/mol. The highest BCUT2D eigenvalue weighted by atomic mass is 79.9. The second kappa shape index (κ2) is 3.75. The molecule has 0 spiro atoms. The van der Waals surface area contributed by atoms with E-state index in [1.54, 1.807) is 6.20 Å². The maximum atomic E-state index is 11.4. The van der Waals surface area contributed by atoms with E-state index in [0.717, 1.165) is 10.0 Å². The number of nitrogens with one attached hydrogen (secondary N) is 1. The Morgan fingerprint density at radius 3 is 2.93 bits per heavy atom. The van der Waals surface area contributed by atoms with Crippen LogP contribution in [0, 0.1) is 0 Å². The normalized spacial score (nSPS) is 10.1. The van der Waals surface area contributed by atoms with Crippen molar-refractivity contribution in [1.29, 1.82) is 0 Å². The lowest BCUT2D eigenvalue weighted by Gasteiger charge is -1.98. The number of nitrogens with zero attached hydrogens (tertiary/aromatic N) is 1. The number of hydrogen-bond acceptors (Lipinski definition) is 2. The van der Waals surface area contributed by atoms with Gasteiger partial charge in [0.05, 0.1) is 0 Å². The zero-order valence-corrected chi connectivity index (χ0v) is 8.78. The van der Waals surface area contributed by atoms with Crippen molar-refractivity contribution in [1.82, 2.24) is 9.97 Å². The van der Waals surface area contributed by atoms with E-state index in [1.807, 2.05) is 24.3 Å². The molecule has 14 heavy (non-hydrogen) atoms. The van der Waals surface area contributed by atoms with Crippen LogP contribution < -0.4 is 5.56 Å². The highest BCUT2D eigenvalue weighted by molar-refractivity contribution is 9.10. The van der Waals surface area contributed by atoms with Crippen molar-refractivity contribution >= 4 is 15.9 Å². The van der Waals surface area contributed by atoms with Crippen LogP contribution in [0.4, 0.5) is 0 Å². The Labute approximate surface area is 89.0 Å². The number of benzene rings is 1. The van der Waals surface area contributed by atoms with Crippen LogP contribution in [0.15, 0.2) is 45.9 Å². The van der Waals surface area contributed by atoms with Gasteiger partial charge in [0, 0.05) is 22.4 Å². The monoisotopic (exact) mass is 250 g/mol. The summed E-state index contributed by atoms with van der Waals surface area (Å²) < 4.78 is 0.931. The Bertz CT molecular complexity index is 507. The summed E-state index contributed by atoms with van der Waals surface area (Å²) in [7, 11) is 0. The Balaban J connectivity index is 2.61. The molecule has 0 aliphatic heterocycles. The first-order valence-electron chi connectivity index (χ1n) is 4.07. The lowest BCUT2D eigenvalue weighted by molar-refractivity contribution is 1.14. The molecule has 1 heterocycles. The SMILES string of the molecule is O=c1[nH]ccnc1-c1cccc(Br)c1. The van der Waals surface area contributed by atoms with E-state index in [1.165, 1.54) is 6.20 Å². The van der Waals surface area contributed by atoms with Gasteiger partial charge >= 0.3 is 0 Å². The highest BCUT2D eigenvalue weighted by Gasteiger charge is 2.03. The summed E-state index contributed by atoms with van der Waals surface area (Å²) in [6, 6.07) is 7.48. The number of rotatable bonds is 1. The molecule has 2 rings (SSSR count). The predicted octanol–water partition coefficient (Wildman–Crippen LogP) is 2.20. The molecule has 1 aromatic heterocycles. The minimum Gasteiger partial charge on any atom is -0.326 e. The second-order valence-electron chi connectivity index (χ2n) is 2.78. The maximum absolute atomic E-state index is 11.4. The fraction of sp³-hybridized carbons (Fsp3) is 0. The molecule has 0 radical (unpaired) electrons. The second-order valence-corrected chi connectivity index (χ2v) is 3.69. The summed E-state index contributed by atoms with van der Waals surface area (Å²) in [5.41, 5.74) is 1.07.